The predicted molar refractivity (Wildman–Crippen MR) is 101 cm³/mol. The highest BCUT2D eigenvalue weighted by molar-refractivity contribution is 7.86. The predicted octanol–water partition coefficient (Wildman–Crippen LogP) is 0.564. The molecule has 2 fully saturated rings. The lowest BCUT2D eigenvalue weighted by Crippen LogP contribution is -2.58. The van der Waals surface area contributed by atoms with E-state index in [0.717, 1.165) is 0 Å². The van der Waals surface area contributed by atoms with Crippen LogP contribution >= 0.6 is 0 Å². The Morgan fingerprint density at radius 1 is 1.04 bits per heavy atom. The Hall–Kier alpha value is -1.68. The lowest BCUT2D eigenvalue weighted by atomic mass is 10.3. The first kappa shape index (κ1) is 20.1. The van der Waals surface area contributed by atoms with Crippen LogP contribution in [0, 0.1) is 0 Å². The number of nitrogens with zero attached hydrogens (tertiary/aromatic N) is 3. The van der Waals surface area contributed by atoms with Gasteiger partial charge in [-0.3, -0.25) is 4.79 Å². The Balaban J connectivity index is 1.51. The van der Waals surface area contributed by atoms with Gasteiger partial charge in [0, 0.05) is 39.3 Å². The Morgan fingerprint density at radius 2 is 1.63 bits per heavy atom. The zero-order valence-electron chi connectivity index (χ0n) is 15.8. The summed E-state index contributed by atoms with van der Waals surface area (Å²) in [5, 5.41) is 0. The van der Waals surface area contributed by atoms with E-state index in [1.165, 1.54) is 8.61 Å². The normalized spacial score (nSPS) is 25.3. The number of piperazine rings is 1. The van der Waals surface area contributed by atoms with Crippen molar-refractivity contribution >= 4 is 16.1 Å². The van der Waals surface area contributed by atoms with Gasteiger partial charge in [0.1, 0.15) is 5.75 Å². The van der Waals surface area contributed by atoms with Crippen LogP contribution in [0.15, 0.2) is 30.3 Å². The first-order chi connectivity index (χ1) is 12.9. The van der Waals surface area contributed by atoms with E-state index >= 15 is 0 Å². The number of hydrogen-bond acceptors (Lipinski definition) is 5. The van der Waals surface area contributed by atoms with Crippen LogP contribution in [0.2, 0.25) is 0 Å². The van der Waals surface area contributed by atoms with Gasteiger partial charge in [0.05, 0.1) is 12.2 Å². The summed E-state index contributed by atoms with van der Waals surface area (Å²) in [6.45, 7) is 5.74. The van der Waals surface area contributed by atoms with Crippen molar-refractivity contribution in [2.45, 2.75) is 26.1 Å². The SMILES string of the molecule is C[C@@H]1CN(S(=O)(=O)N2CCN(C(=O)COc3ccccc3)CC2)C[C@H](C)O1. The Bertz CT molecular complexity index is 725. The molecule has 150 valence electrons. The number of rotatable bonds is 5. The molecule has 1 amide bonds. The van der Waals surface area contributed by atoms with Crippen molar-refractivity contribution in [3.8, 4) is 5.75 Å². The maximum atomic E-state index is 12.9. The Kier molecular flexibility index (Phi) is 6.36. The standard InChI is InChI=1S/C18H27N3O5S/c1-15-12-21(13-16(2)26-15)27(23,24)20-10-8-19(9-11-20)18(22)14-25-17-6-4-3-5-7-17/h3-7,15-16H,8-14H2,1-2H3/t15-,16+. The van der Waals surface area contributed by atoms with Crippen LogP contribution in [0.1, 0.15) is 13.8 Å². The summed E-state index contributed by atoms with van der Waals surface area (Å²) < 4.78 is 39.8. The van der Waals surface area contributed by atoms with E-state index in [4.69, 9.17) is 9.47 Å². The van der Waals surface area contributed by atoms with Crippen LogP contribution in [0.4, 0.5) is 0 Å². The van der Waals surface area contributed by atoms with Crippen LogP contribution in [0.25, 0.3) is 0 Å². The van der Waals surface area contributed by atoms with Gasteiger partial charge in [0.2, 0.25) is 0 Å². The van der Waals surface area contributed by atoms with E-state index in [1.54, 1.807) is 17.0 Å². The minimum absolute atomic E-state index is 0.0464. The summed E-state index contributed by atoms with van der Waals surface area (Å²) in [4.78, 5) is 14.0. The van der Waals surface area contributed by atoms with E-state index in [9.17, 15) is 13.2 Å². The van der Waals surface area contributed by atoms with Crippen molar-refractivity contribution in [1.29, 1.82) is 0 Å². The van der Waals surface area contributed by atoms with E-state index < -0.39 is 10.2 Å². The number of ether oxygens (including phenoxy) is 2. The first-order valence-electron chi connectivity index (χ1n) is 9.22. The maximum Gasteiger partial charge on any atom is 0.282 e. The van der Waals surface area contributed by atoms with E-state index in [0.29, 0.717) is 45.0 Å². The molecule has 8 nitrogen and oxygen atoms in total. The second-order valence-electron chi connectivity index (χ2n) is 6.96. The lowest BCUT2D eigenvalue weighted by molar-refractivity contribution is -0.134. The fraction of sp³-hybridized carbons (Fsp3) is 0.611. The number of amides is 1. The van der Waals surface area contributed by atoms with E-state index in [1.807, 2.05) is 32.0 Å². The molecule has 9 heteroatoms. The molecule has 1 aromatic carbocycles. The zero-order valence-corrected chi connectivity index (χ0v) is 16.6. The van der Waals surface area contributed by atoms with Crippen LogP contribution in [-0.4, -0.2) is 85.9 Å². The third-order valence-electron chi connectivity index (χ3n) is 4.74. The molecule has 27 heavy (non-hydrogen) atoms. The number of benzene rings is 1. The largest absolute Gasteiger partial charge is 0.484 e. The third-order valence-corrected chi connectivity index (χ3v) is 6.70. The smallest absolute Gasteiger partial charge is 0.282 e. The molecular formula is C18H27N3O5S. The second-order valence-corrected chi connectivity index (χ2v) is 8.89. The van der Waals surface area contributed by atoms with Gasteiger partial charge in [-0.2, -0.15) is 17.0 Å². The molecule has 0 unspecified atom stereocenters. The van der Waals surface area contributed by atoms with Gasteiger partial charge in [-0.15, -0.1) is 0 Å². The van der Waals surface area contributed by atoms with E-state index in [-0.39, 0.29) is 24.7 Å². The highest BCUT2D eigenvalue weighted by Crippen LogP contribution is 2.19. The van der Waals surface area contributed by atoms with Crippen molar-refractivity contribution < 1.29 is 22.7 Å². The molecule has 0 N–H and O–H groups in total. The minimum atomic E-state index is -3.54. The molecule has 0 aromatic heterocycles. The fourth-order valence-corrected chi connectivity index (χ4v) is 5.15. The molecule has 0 saturated carbocycles. The molecular weight excluding hydrogens is 370 g/mol. The topological polar surface area (TPSA) is 79.4 Å². The molecule has 0 aliphatic carbocycles. The first-order valence-corrected chi connectivity index (χ1v) is 10.6. The van der Waals surface area contributed by atoms with Gasteiger partial charge in [0.25, 0.3) is 16.1 Å². The molecule has 3 rings (SSSR count). The van der Waals surface area contributed by atoms with Gasteiger partial charge in [-0.1, -0.05) is 18.2 Å². The van der Waals surface area contributed by atoms with Gasteiger partial charge in [0.15, 0.2) is 6.61 Å². The summed E-state index contributed by atoms with van der Waals surface area (Å²) in [6.07, 6.45) is -0.247. The molecule has 2 saturated heterocycles. The van der Waals surface area contributed by atoms with Crippen molar-refractivity contribution in [1.82, 2.24) is 13.5 Å². The van der Waals surface area contributed by atoms with Crippen molar-refractivity contribution in [2.24, 2.45) is 0 Å². The van der Waals surface area contributed by atoms with Crippen molar-refractivity contribution in [2.75, 3.05) is 45.9 Å². The molecule has 2 aliphatic heterocycles. The number of morpholine rings is 1. The second kappa shape index (κ2) is 8.55. The highest BCUT2D eigenvalue weighted by atomic mass is 32.2. The number of carbonyl (C=O) groups is 1. The van der Waals surface area contributed by atoms with Crippen molar-refractivity contribution in [3.63, 3.8) is 0 Å². The van der Waals surface area contributed by atoms with Crippen molar-refractivity contribution in [3.05, 3.63) is 30.3 Å². The molecule has 0 spiro atoms. The van der Waals surface area contributed by atoms with Gasteiger partial charge in [-0.25, -0.2) is 0 Å². The highest BCUT2D eigenvalue weighted by Gasteiger charge is 2.37. The fourth-order valence-electron chi connectivity index (χ4n) is 3.40. The van der Waals surface area contributed by atoms with Gasteiger partial charge in [-0.05, 0) is 26.0 Å². The molecule has 0 radical (unpaired) electrons. The average molecular weight is 397 g/mol. The van der Waals surface area contributed by atoms with Gasteiger partial charge >= 0.3 is 0 Å². The molecule has 1 aromatic rings. The van der Waals surface area contributed by atoms with E-state index in [2.05, 4.69) is 0 Å². The molecule has 2 aliphatic rings. The number of hydrogen-bond donors (Lipinski definition) is 0. The Labute approximate surface area is 160 Å². The molecule has 2 heterocycles. The molecule has 2 atom stereocenters. The lowest BCUT2D eigenvalue weighted by Gasteiger charge is -2.40. The summed E-state index contributed by atoms with van der Waals surface area (Å²) in [5.41, 5.74) is 0. The van der Waals surface area contributed by atoms with Crippen LogP contribution in [0.3, 0.4) is 0 Å². The monoisotopic (exact) mass is 397 g/mol. The van der Waals surface area contributed by atoms with Gasteiger partial charge < -0.3 is 14.4 Å². The molecule has 0 bridgehead atoms. The zero-order chi connectivity index (χ0) is 19.4. The number of carbonyl (C=O) groups excluding carboxylic acids is 1. The van der Waals surface area contributed by atoms with Crippen LogP contribution in [-0.2, 0) is 19.7 Å². The Morgan fingerprint density at radius 3 is 2.22 bits per heavy atom. The summed E-state index contributed by atoms with van der Waals surface area (Å²) in [5.74, 6) is 0.507. The summed E-state index contributed by atoms with van der Waals surface area (Å²) in [6, 6.07) is 9.15. The summed E-state index contributed by atoms with van der Waals surface area (Å²) in [7, 11) is -3.54. The third kappa shape index (κ3) is 4.98. The number of para-hydroxylation sites is 1. The average Bonchev–Trinajstić information content (AvgIpc) is 2.66. The van der Waals surface area contributed by atoms with Crippen LogP contribution < -0.4 is 4.74 Å². The quantitative estimate of drug-likeness (QED) is 0.726. The minimum Gasteiger partial charge on any atom is -0.484 e. The van der Waals surface area contributed by atoms with Crippen LogP contribution in [0.5, 0.6) is 5.75 Å². The maximum absolute atomic E-state index is 12.9. The summed E-state index contributed by atoms with van der Waals surface area (Å²) >= 11 is 0.